The minimum absolute atomic E-state index is 0.00976. The fraction of sp³-hybridized carbons (Fsp3) is 0.179. The summed E-state index contributed by atoms with van der Waals surface area (Å²) in [5.41, 5.74) is 4.92. The molecule has 0 unspecified atom stereocenters. The van der Waals surface area contributed by atoms with E-state index in [0.717, 1.165) is 11.2 Å². The summed E-state index contributed by atoms with van der Waals surface area (Å²) in [4.78, 5) is 13.9. The van der Waals surface area contributed by atoms with Crippen LogP contribution in [-0.2, 0) is 0 Å². The Bertz CT molecular complexity index is 1630. The second-order valence-corrected chi connectivity index (χ2v) is 8.74. The molecule has 0 spiro atoms. The van der Waals surface area contributed by atoms with Crippen molar-refractivity contribution in [2.45, 2.75) is 26.3 Å². The van der Waals surface area contributed by atoms with Gasteiger partial charge in [0.2, 0.25) is 5.88 Å². The third kappa shape index (κ3) is 5.24. The molecule has 0 amide bonds. The Balaban J connectivity index is 1.74. The molecule has 5 rings (SSSR count). The zero-order valence-corrected chi connectivity index (χ0v) is 20.8. The van der Waals surface area contributed by atoms with Crippen LogP contribution >= 0.6 is 0 Å². The summed E-state index contributed by atoms with van der Waals surface area (Å²) in [5.74, 6) is 0.141. The lowest BCUT2D eigenvalue weighted by atomic mass is 10.1. The Morgan fingerprint density at radius 3 is 2.42 bits per heavy atom. The maximum Gasteiger partial charge on any atom is 0.573 e. The van der Waals surface area contributed by atoms with Crippen LogP contribution in [0.1, 0.15) is 13.8 Å². The Kier molecular flexibility index (Phi) is 6.62. The first-order valence-electron chi connectivity index (χ1n) is 11.8. The first-order chi connectivity index (χ1) is 18.2. The molecule has 3 aromatic rings. The molecule has 1 aliphatic carbocycles. The van der Waals surface area contributed by atoms with Crippen molar-refractivity contribution in [1.29, 1.82) is 0 Å². The van der Waals surface area contributed by atoms with Crippen LogP contribution in [0.2, 0.25) is 0 Å². The highest BCUT2D eigenvalue weighted by atomic mass is 19.4. The lowest BCUT2D eigenvalue weighted by Crippen LogP contribution is -2.17. The van der Waals surface area contributed by atoms with Crippen molar-refractivity contribution in [3.05, 3.63) is 84.4 Å². The van der Waals surface area contributed by atoms with E-state index in [9.17, 15) is 13.2 Å². The van der Waals surface area contributed by atoms with Crippen LogP contribution in [0.25, 0.3) is 28.1 Å². The van der Waals surface area contributed by atoms with E-state index in [-0.39, 0.29) is 11.8 Å². The van der Waals surface area contributed by atoms with Crippen LogP contribution in [0.15, 0.2) is 84.0 Å². The molecule has 1 N–H and O–H groups in total. The summed E-state index contributed by atoms with van der Waals surface area (Å²) in [7, 11) is 1.55. The van der Waals surface area contributed by atoms with Crippen molar-refractivity contribution in [2.24, 2.45) is 4.99 Å². The predicted octanol–water partition coefficient (Wildman–Crippen LogP) is 6.49. The molecule has 0 bridgehead atoms. The van der Waals surface area contributed by atoms with Crippen LogP contribution in [0.3, 0.4) is 0 Å². The SMILES string of the molecule is COc1ncccc1Nc1cc2nc3ccccc3n(-c3ccc(OC(F)(F)F)cc3)c-2c/c1=N\C(C)C. The molecular weight excluding hydrogens is 495 g/mol. The third-order valence-corrected chi connectivity index (χ3v) is 5.66. The average Bonchev–Trinajstić information content (AvgIpc) is 2.87. The largest absolute Gasteiger partial charge is 0.573 e. The number of anilines is 2. The quantitative estimate of drug-likeness (QED) is 0.260. The number of hydrogen-bond donors (Lipinski definition) is 1. The second kappa shape index (κ2) is 10.0. The highest BCUT2D eigenvalue weighted by Gasteiger charge is 2.31. The molecule has 0 atom stereocenters. The average molecular weight is 520 g/mol. The van der Waals surface area contributed by atoms with E-state index >= 15 is 0 Å². The maximum absolute atomic E-state index is 12.7. The van der Waals surface area contributed by atoms with Gasteiger partial charge in [-0.05, 0) is 74.5 Å². The molecule has 10 heteroatoms. The number of pyridine rings is 1. The molecule has 0 fully saturated rings. The van der Waals surface area contributed by atoms with E-state index in [1.54, 1.807) is 31.5 Å². The van der Waals surface area contributed by atoms with Gasteiger partial charge in [-0.3, -0.25) is 4.99 Å². The summed E-state index contributed by atoms with van der Waals surface area (Å²) in [6.45, 7) is 3.95. The van der Waals surface area contributed by atoms with Crippen molar-refractivity contribution in [1.82, 2.24) is 14.5 Å². The predicted molar refractivity (Wildman–Crippen MR) is 139 cm³/mol. The van der Waals surface area contributed by atoms with Crippen molar-refractivity contribution in [3.8, 4) is 28.7 Å². The Hall–Kier alpha value is -4.60. The number of halogens is 3. The minimum atomic E-state index is -4.77. The van der Waals surface area contributed by atoms with Gasteiger partial charge in [0.1, 0.15) is 11.4 Å². The van der Waals surface area contributed by atoms with Gasteiger partial charge in [0, 0.05) is 17.9 Å². The summed E-state index contributed by atoms with van der Waals surface area (Å²) in [5, 5.41) is 4.05. The molecule has 194 valence electrons. The first-order valence-corrected chi connectivity index (χ1v) is 11.8. The summed E-state index contributed by atoms with van der Waals surface area (Å²) in [6.07, 6.45) is -3.12. The zero-order valence-electron chi connectivity index (χ0n) is 20.8. The van der Waals surface area contributed by atoms with E-state index in [0.29, 0.717) is 39.5 Å². The van der Waals surface area contributed by atoms with Crippen LogP contribution in [0.5, 0.6) is 11.6 Å². The van der Waals surface area contributed by atoms with Crippen LogP contribution in [0, 0.1) is 0 Å². The lowest BCUT2D eigenvalue weighted by molar-refractivity contribution is -0.274. The van der Waals surface area contributed by atoms with Gasteiger partial charge in [0.15, 0.2) is 0 Å². The summed E-state index contributed by atoms with van der Waals surface area (Å²) < 4.78 is 49.5. The van der Waals surface area contributed by atoms with Gasteiger partial charge in [-0.1, -0.05) is 12.1 Å². The highest BCUT2D eigenvalue weighted by Crippen LogP contribution is 2.32. The van der Waals surface area contributed by atoms with Crippen LogP contribution in [-0.4, -0.2) is 34.0 Å². The number of para-hydroxylation sites is 2. The molecule has 38 heavy (non-hydrogen) atoms. The molecule has 1 aromatic heterocycles. The van der Waals surface area contributed by atoms with Gasteiger partial charge in [0.25, 0.3) is 0 Å². The van der Waals surface area contributed by atoms with Gasteiger partial charge >= 0.3 is 6.36 Å². The van der Waals surface area contributed by atoms with Gasteiger partial charge in [-0.25, -0.2) is 9.97 Å². The van der Waals surface area contributed by atoms with Crippen molar-refractivity contribution >= 4 is 22.4 Å². The molecule has 2 heterocycles. The number of aromatic nitrogens is 3. The topological polar surface area (TPSA) is 73.6 Å². The smallest absolute Gasteiger partial charge is 0.480 e. The van der Waals surface area contributed by atoms with Gasteiger partial charge in [-0.2, -0.15) is 0 Å². The fourth-order valence-corrected chi connectivity index (χ4v) is 4.20. The number of ether oxygens (including phenoxy) is 2. The van der Waals surface area contributed by atoms with E-state index in [1.807, 2.05) is 60.9 Å². The zero-order chi connectivity index (χ0) is 26.9. The van der Waals surface area contributed by atoms with Crippen molar-refractivity contribution in [2.75, 3.05) is 12.4 Å². The molecule has 0 saturated heterocycles. The Labute approximate surface area is 216 Å². The highest BCUT2D eigenvalue weighted by molar-refractivity contribution is 5.84. The molecule has 1 aliphatic heterocycles. The molecule has 0 saturated carbocycles. The number of rotatable bonds is 6. The Morgan fingerprint density at radius 2 is 1.71 bits per heavy atom. The normalized spacial score (nSPS) is 12.3. The summed E-state index contributed by atoms with van der Waals surface area (Å²) >= 11 is 0. The fourth-order valence-electron chi connectivity index (χ4n) is 4.20. The minimum Gasteiger partial charge on any atom is -0.480 e. The standard InChI is InChI=1S/C28H24F3N5O2/c1-17(2)33-23-16-26-24(15-22(23)35-21-8-6-14-32-27(21)37-3)34-20-7-4-5-9-25(20)36(26)18-10-12-19(13-11-18)38-28(29,30)31/h4-17,35H,1-3H3/b33-23+. The number of nitrogens with one attached hydrogen (secondary N) is 1. The van der Waals surface area contributed by atoms with E-state index in [1.165, 1.54) is 12.1 Å². The monoisotopic (exact) mass is 519 g/mol. The van der Waals surface area contributed by atoms with E-state index in [4.69, 9.17) is 14.7 Å². The maximum atomic E-state index is 12.7. The van der Waals surface area contributed by atoms with E-state index < -0.39 is 6.36 Å². The molecule has 2 aliphatic rings. The van der Waals surface area contributed by atoms with Gasteiger partial charge in [0.05, 0.1) is 40.6 Å². The molecular formula is C28H24F3N5O2. The van der Waals surface area contributed by atoms with Crippen LogP contribution < -0.4 is 20.1 Å². The number of hydrogen-bond acceptors (Lipinski definition) is 6. The van der Waals surface area contributed by atoms with E-state index in [2.05, 4.69) is 15.0 Å². The number of benzene rings is 3. The molecule has 7 nitrogen and oxygen atoms in total. The van der Waals surface area contributed by atoms with Crippen LogP contribution in [0.4, 0.5) is 24.5 Å². The van der Waals surface area contributed by atoms with Crippen molar-refractivity contribution < 1.29 is 22.6 Å². The summed E-state index contributed by atoms with van der Waals surface area (Å²) in [6, 6.07) is 20.8. The Morgan fingerprint density at radius 1 is 0.947 bits per heavy atom. The first kappa shape index (κ1) is 25.1. The number of fused-ring (bicyclic) bond motifs is 2. The second-order valence-electron chi connectivity index (χ2n) is 8.74. The third-order valence-electron chi connectivity index (χ3n) is 5.66. The number of methoxy groups -OCH3 is 1. The van der Waals surface area contributed by atoms with Gasteiger partial charge < -0.3 is 19.4 Å². The van der Waals surface area contributed by atoms with Gasteiger partial charge in [-0.15, -0.1) is 13.2 Å². The number of nitrogens with zero attached hydrogens (tertiary/aromatic N) is 4. The number of alkyl halides is 3. The molecule has 2 aromatic carbocycles. The lowest BCUT2D eigenvalue weighted by Gasteiger charge is -2.21. The molecule has 0 radical (unpaired) electrons. The van der Waals surface area contributed by atoms with Crippen molar-refractivity contribution in [3.63, 3.8) is 0 Å².